The Morgan fingerprint density at radius 1 is 0.833 bits per heavy atom. The average molecular weight is 334 g/mol. The third-order valence-corrected chi connectivity index (χ3v) is 4.33. The lowest BCUT2D eigenvalue weighted by molar-refractivity contribution is -0.108. The number of ketones is 1. The fraction of sp³-hybridized carbons (Fsp3) is 0. The number of pyridine rings is 1. The van der Waals surface area contributed by atoms with Crippen LogP contribution in [0.25, 0.3) is 27.5 Å². The minimum Gasteiger partial charge on any atom is -0.316 e. The van der Waals surface area contributed by atoms with Gasteiger partial charge in [-0.3, -0.25) is 9.59 Å². The summed E-state index contributed by atoms with van der Waals surface area (Å²) in [6.07, 6.45) is 1.88. The van der Waals surface area contributed by atoms with Crippen molar-refractivity contribution in [2.45, 2.75) is 0 Å². The highest BCUT2D eigenvalue weighted by Crippen LogP contribution is 2.32. The number of carbonyl (C=O) groups is 2. The summed E-state index contributed by atoms with van der Waals surface area (Å²) in [6, 6.07) is 21.1. The Morgan fingerprint density at radius 2 is 1.58 bits per heavy atom. The topological polar surface area (TPSA) is 38.5 Å². The average Bonchev–Trinajstić information content (AvgIpc) is 3.09. The molecule has 4 rings (SSSR count). The molecule has 0 aliphatic heterocycles. The molecule has 0 saturated heterocycles. The van der Waals surface area contributed by atoms with Crippen LogP contribution in [0.2, 0.25) is 0 Å². The molecule has 0 N–H and O–H groups in total. The molecule has 0 spiro atoms. The van der Waals surface area contributed by atoms with E-state index in [9.17, 15) is 9.59 Å². The van der Waals surface area contributed by atoms with E-state index in [1.807, 2.05) is 77.3 Å². The number of benzene rings is 2. The summed E-state index contributed by atoms with van der Waals surface area (Å²) in [6.45, 7) is 0. The Kier molecular flexibility index (Phi) is 3.44. The molecule has 2 aromatic carbocycles. The smallest absolute Gasteiger partial charge is 0.293 e. The summed E-state index contributed by atoms with van der Waals surface area (Å²) in [5.41, 5.74) is 3.54. The molecule has 0 radical (unpaired) electrons. The molecule has 2 heterocycles. The maximum atomic E-state index is 12.6. The predicted octanol–water partition coefficient (Wildman–Crippen LogP) is 4.71. The van der Waals surface area contributed by atoms with Crippen LogP contribution in [-0.2, 0) is 4.79 Å². The Hall–Kier alpha value is -2.91. The number of aromatic nitrogens is 1. The van der Waals surface area contributed by atoms with Gasteiger partial charge in [0.05, 0.1) is 11.1 Å². The number of hydrogen-bond donors (Lipinski definition) is 0. The summed E-state index contributed by atoms with van der Waals surface area (Å²) >= 11 is 5.55. The molecule has 0 unspecified atom stereocenters. The first-order valence-corrected chi connectivity index (χ1v) is 7.87. The molecule has 4 aromatic rings. The first-order valence-electron chi connectivity index (χ1n) is 7.49. The Morgan fingerprint density at radius 3 is 2.33 bits per heavy atom. The van der Waals surface area contributed by atoms with Crippen LogP contribution >= 0.6 is 11.6 Å². The zero-order valence-corrected chi connectivity index (χ0v) is 13.3. The molecule has 3 nitrogen and oxygen atoms in total. The standard InChI is InChI=1S/C20H12ClNO2/c21-20(24)19(23)17-16(13-5-2-1-3-6-13)11-9-14-8-10-15-7-4-12-22(15)18(14)17/h1-12H. The summed E-state index contributed by atoms with van der Waals surface area (Å²) < 4.78 is 1.91. The molecule has 24 heavy (non-hydrogen) atoms. The van der Waals surface area contributed by atoms with Crippen molar-refractivity contribution in [2.24, 2.45) is 0 Å². The van der Waals surface area contributed by atoms with Gasteiger partial charge in [0.1, 0.15) is 0 Å². The van der Waals surface area contributed by atoms with Gasteiger partial charge in [0.15, 0.2) is 0 Å². The molecule has 0 aliphatic carbocycles. The zero-order valence-electron chi connectivity index (χ0n) is 12.6. The summed E-state index contributed by atoms with van der Waals surface area (Å²) in [7, 11) is 0. The minimum atomic E-state index is -0.983. The second kappa shape index (κ2) is 5.62. The minimum absolute atomic E-state index is 0.334. The Bertz CT molecular complexity index is 1100. The van der Waals surface area contributed by atoms with E-state index in [4.69, 9.17) is 11.6 Å². The van der Waals surface area contributed by atoms with Crippen molar-refractivity contribution in [1.29, 1.82) is 0 Å². The van der Waals surface area contributed by atoms with E-state index in [1.54, 1.807) is 0 Å². The zero-order chi connectivity index (χ0) is 16.7. The number of fused-ring (bicyclic) bond motifs is 3. The largest absolute Gasteiger partial charge is 0.316 e. The lowest BCUT2D eigenvalue weighted by Crippen LogP contribution is -2.11. The third kappa shape index (κ3) is 2.22. The van der Waals surface area contributed by atoms with E-state index in [-0.39, 0.29) is 0 Å². The molecular weight excluding hydrogens is 322 g/mol. The van der Waals surface area contributed by atoms with E-state index >= 15 is 0 Å². The van der Waals surface area contributed by atoms with Gasteiger partial charge < -0.3 is 4.40 Å². The van der Waals surface area contributed by atoms with E-state index in [1.165, 1.54) is 0 Å². The van der Waals surface area contributed by atoms with Gasteiger partial charge in [0.25, 0.3) is 5.24 Å². The van der Waals surface area contributed by atoms with Crippen LogP contribution in [0.1, 0.15) is 10.4 Å². The highest BCUT2D eigenvalue weighted by Gasteiger charge is 2.23. The van der Waals surface area contributed by atoms with Crippen LogP contribution in [0.3, 0.4) is 0 Å². The molecule has 0 saturated carbocycles. The van der Waals surface area contributed by atoms with Crippen LogP contribution in [0.4, 0.5) is 0 Å². The fourth-order valence-electron chi connectivity index (χ4n) is 3.10. The molecule has 0 atom stereocenters. The number of rotatable bonds is 3. The van der Waals surface area contributed by atoms with Crippen molar-refractivity contribution in [1.82, 2.24) is 4.40 Å². The van der Waals surface area contributed by atoms with E-state index in [2.05, 4.69) is 0 Å². The van der Waals surface area contributed by atoms with Crippen molar-refractivity contribution in [2.75, 3.05) is 0 Å². The number of nitrogens with zero attached hydrogens (tertiary/aromatic N) is 1. The highest BCUT2D eigenvalue weighted by molar-refractivity contribution is 6.83. The summed E-state index contributed by atoms with van der Waals surface area (Å²) in [4.78, 5) is 24.3. The number of Topliss-reactive ketones (excluding diaryl/α,β-unsaturated/α-hetero) is 1. The molecule has 0 amide bonds. The summed E-state index contributed by atoms with van der Waals surface area (Å²) in [5, 5.41) is -0.108. The van der Waals surface area contributed by atoms with Gasteiger partial charge in [-0.1, -0.05) is 48.5 Å². The van der Waals surface area contributed by atoms with E-state index in [0.29, 0.717) is 16.6 Å². The number of hydrogen-bond acceptors (Lipinski definition) is 2. The van der Waals surface area contributed by atoms with Crippen LogP contribution < -0.4 is 0 Å². The molecule has 116 valence electrons. The van der Waals surface area contributed by atoms with Crippen LogP contribution in [0.15, 0.2) is 72.9 Å². The summed E-state index contributed by atoms with van der Waals surface area (Å²) in [5.74, 6) is -0.692. The molecule has 0 fully saturated rings. The lowest BCUT2D eigenvalue weighted by atomic mass is 9.94. The van der Waals surface area contributed by atoms with Gasteiger partial charge in [-0.2, -0.15) is 0 Å². The SMILES string of the molecule is O=C(Cl)C(=O)c1c(-c2ccccc2)ccc2ccc3cccn3c12. The highest BCUT2D eigenvalue weighted by atomic mass is 35.5. The van der Waals surface area contributed by atoms with Gasteiger partial charge >= 0.3 is 0 Å². The van der Waals surface area contributed by atoms with Crippen molar-refractivity contribution in [3.63, 3.8) is 0 Å². The van der Waals surface area contributed by atoms with Gasteiger partial charge in [0, 0.05) is 11.7 Å². The fourth-order valence-corrected chi connectivity index (χ4v) is 3.19. The second-order valence-electron chi connectivity index (χ2n) is 5.53. The molecule has 0 bridgehead atoms. The van der Waals surface area contributed by atoms with Gasteiger partial charge in [0.2, 0.25) is 5.78 Å². The maximum Gasteiger partial charge on any atom is 0.293 e. The molecule has 4 heteroatoms. The predicted molar refractivity (Wildman–Crippen MR) is 95.5 cm³/mol. The molecule has 0 aliphatic rings. The normalized spacial score (nSPS) is 11.0. The van der Waals surface area contributed by atoms with E-state index in [0.717, 1.165) is 16.5 Å². The van der Waals surface area contributed by atoms with Gasteiger partial charge in [-0.25, -0.2) is 0 Å². The van der Waals surface area contributed by atoms with Crippen LogP contribution in [0.5, 0.6) is 0 Å². The first kappa shape index (κ1) is 14.7. The van der Waals surface area contributed by atoms with Crippen molar-refractivity contribution < 1.29 is 9.59 Å². The van der Waals surface area contributed by atoms with Gasteiger partial charge in [-0.15, -0.1) is 0 Å². The molecular formula is C20H12ClNO2. The number of carbonyl (C=O) groups excluding carboxylic acids is 2. The quantitative estimate of drug-likeness (QED) is 0.309. The Balaban J connectivity index is 2.19. The maximum absolute atomic E-state index is 12.6. The third-order valence-electron chi connectivity index (χ3n) is 4.15. The van der Waals surface area contributed by atoms with Crippen LogP contribution in [-0.4, -0.2) is 15.4 Å². The molecule has 2 aromatic heterocycles. The Labute approximate surface area is 143 Å². The van der Waals surface area contributed by atoms with Crippen LogP contribution in [0, 0.1) is 0 Å². The lowest BCUT2D eigenvalue weighted by Gasteiger charge is -2.13. The number of halogens is 1. The monoisotopic (exact) mass is 333 g/mol. The van der Waals surface area contributed by atoms with Crippen molar-refractivity contribution in [3.8, 4) is 11.1 Å². The van der Waals surface area contributed by atoms with Crippen molar-refractivity contribution >= 4 is 39.0 Å². The van der Waals surface area contributed by atoms with Crippen molar-refractivity contribution in [3.05, 3.63) is 78.5 Å². The second-order valence-corrected chi connectivity index (χ2v) is 5.87. The van der Waals surface area contributed by atoms with E-state index < -0.39 is 11.0 Å². The van der Waals surface area contributed by atoms with Gasteiger partial charge in [-0.05, 0) is 46.3 Å². The first-order chi connectivity index (χ1) is 11.7.